The molecule has 2 aromatic heterocycles. The number of methoxy groups -OCH3 is 1. The third kappa shape index (κ3) is 2.47. The van der Waals surface area contributed by atoms with E-state index in [4.69, 9.17) is 11.6 Å². The Bertz CT molecular complexity index is 632. The summed E-state index contributed by atoms with van der Waals surface area (Å²) in [6, 6.07) is 4.92. The van der Waals surface area contributed by atoms with E-state index in [1.165, 1.54) is 29.1 Å². The van der Waals surface area contributed by atoms with E-state index >= 15 is 0 Å². The van der Waals surface area contributed by atoms with E-state index in [-0.39, 0.29) is 5.56 Å². The van der Waals surface area contributed by atoms with Crippen molar-refractivity contribution in [1.82, 2.24) is 4.57 Å². The highest BCUT2D eigenvalue weighted by atomic mass is 35.5. The van der Waals surface area contributed by atoms with Crippen molar-refractivity contribution in [2.75, 3.05) is 7.11 Å². The molecule has 2 aromatic rings. The minimum atomic E-state index is -0.461. The molecule has 0 aliphatic rings. The minimum absolute atomic E-state index is 0.112. The fourth-order valence-corrected chi connectivity index (χ4v) is 2.75. The molecule has 0 amide bonds. The molecule has 0 saturated carbocycles. The van der Waals surface area contributed by atoms with Gasteiger partial charge >= 0.3 is 5.97 Å². The van der Waals surface area contributed by atoms with Crippen LogP contribution in [-0.4, -0.2) is 17.6 Å². The maximum Gasteiger partial charge on any atom is 0.349 e. The summed E-state index contributed by atoms with van der Waals surface area (Å²) in [5.41, 5.74) is 0.620. The number of aromatic nitrogens is 1. The smallest absolute Gasteiger partial charge is 0.349 e. The van der Waals surface area contributed by atoms with E-state index < -0.39 is 5.97 Å². The van der Waals surface area contributed by atoms with Gasteiger partial charge in [0.2, 0.25) is 0 Å². The van der Waals surface area contributed by atoms with Crippen molar-refractivity contribution in [1.29, 1.82) is 0 Å². The van der Waals surface area contributed by atoms with Crippen molar-refractivity contribution in [3.8, 4) is 0 Å². The molecule has 18 heavy (non-hydrogen) atoms. The van der Waals surface area contributed by atoms with E-state index in [2.05, 4.69) is 4.74 Å². The molecule has 0 atom stereocenters. The Labute approximate surface area is 112 Å². The molecular weight excluding hydrogens is 274 g/mol. The molecule has 2 rings (SSSR count). The number of rotatable bonds is 3. The molecule has 0 bridgehead atoms. The molecule has 0 N–H and O–H groups in total. The molecule has 0 fully saturated rings. The lowest BCUT2D eigenvalue weighted by molar-refractivity contribution is 0.0606. The first-order valence-electron chi connectivity index (χ1n) is 5.13. The third-order valence-corrected chi connectivity index (χ3v) is 3.96. The Hall–Kier alpha value is -1.59. The lowest BCUT2D eigenvalue weighted by Gasteiger charge is -2.03. The van der Waals surface area contributed by atoms with Crippen LogP contribution in [0.3, 0.4) is 0 Å². The highest BCUT2D eigenvalue weighted by Crippen LogP contribution is 2.28. The Morgan fingerprint density at radius 2 is 2.28 bits per heavy atom. The second kappa shape index (κ2) is 5.37. The Balaban J connectivity index is 2.31. The molecule has 0 unspecified atom stereocenters. The first-order chi connectivity index (χ1) is 8.63. The molecule has 0 aliphatic carbocycles. The number of halogens is 1. The van der Waals surface area contributed by atoms with Crippen LogP contribution in [0.15, 0.2) is 34.6 Å². The zero-order valence-corrected chi connectivity index (χ0v) is 11.1. The number of esters is 1. The third-order valence-electron chi connectivity index (χ3n) is 2.41. The first-order valence-corrected chi connectivity index (χ1v) is 6.39. The molecule has 0 radical (unpaired) electrons. The maximum atomic E-state index is 11.6. The normalized spacial score (nSPS) is 10.3. The molecule has 0 aromatic carbocycles. The highest BCUT2D eigenvalue weighted by Gasteiger charge is 2.17. The maximum absolute atomic E-state index is 11.6. The van der Waals surface area contributed by atoms with Crippen molar-refractivity contribution in [3.05, 3.63) is 55.6 Å². The van der Waals surface area contributed by atoms with Crippen molar-refractivity contribution in [2.45, 2.75) is 6.54 Å². The molecule has 0 spiro atoms. The summed E-state index contributed by atoms with van der Waals surface area (Å²) in [6.45, 7) is 0.339. The van der Waals surface area contributed by atoms with Crippen LogP contribution in [0.2, 0.25) is 5.02 Å². The Morgan fingerprint density at radius 3 is 2.94 bits per heavy atom. The number of nitrogens with zero attached hydrogens (tertiary/aromatic N) is 1. The van der Waals surface area contributed by atoms with Crippen LogP contribution in [0.25, 0.3) is 0 Å². The second-order valence-corrected chi connectivity index (χ2v) is 4.82. The largest absolute Gasteiger partial charge is 0.465 e. The number of hydrogen-bond donors (Lipinski definition) is 0. The van der Waals surface area contributed by atoms with Gasteiger partial charge in [-0.05, 0) is 11.4 Å². The van der Waals surface area contributed by atoms with Crippen LogP contribution in [0.4, 0.5) is 0 Å². The summed E-state index contributed by atoms with van der Waals surface area (Å²) < 4.78 is 6.15. The van der Waals surface area contributed by atoms with Gasteiger partial charge in [0.25, 0.3) is 5.56 Å². The number of thiophene rings is 1. The minimum Gasteiger partial charge on any atom is -0.465 e. The molecule has 94 valence electrons. The molecule has 0 aliphatic heterocycles. The van der Waals surface area contributed by atoms with Gasteiger partial charge in [0.15, 0.2) is 0 Å². The zero-order chi connectivity index (χ0) is 13.1. The van der Waals surface area contributed by atoms with Gasteiger partial charge in [0.1, 0.15) is 4.88 Å². The van der Waals surface area contributed by atoms with Gasteiger partial charge < -0.3 is 9.30 Å². The van der Waals surface area contributed by atoms with Gasteiger partial charge in [-0.3, -0.25) is 4.79 Å². The predicted molar refractivity (Wildman–Crippen MR) is 70.5 cm³/mol. The van der Waals surface area contributed by atoms with Crippen molar-refractivity contribution in [2.24, 2.45) is 0 Å². The summed E-state index contributed by atoms with van der Waals surface area (Å²) in [5.74, 6) is -0.461. The topological polar surface area (TPSA) is 48.3 Å². The average Bonchev–Trinajstić information content (AvgIpc) is 2.73. The number of carbonyl (C=O) groups excluding carboxylic acids is 1. The summed E-state index contributed by atoms with van der Waals surface area (Å²) >= 11 is 7.31. The highest BCUT2D eigenvalue weighted by molar-refractivity contribution is 7.12. The SMILES string of the molecule is COC(=O)c1scc(Cn2ccccc2=O)c1Cl. The number of carbonyl (C=O) groups is 1. The Morgan fingerprint density at radius 1 is 1.50 bits per heavy atom. The second-order valence-electron chi connectivity index (χ2n) is 3.56. The van der Waals surface area contributed by atoms with Crippen LogP contribution in [0, 0.1) is 0 Å². The first kappa shape index (κ1) is 12.9. The summed E-state index contributed by atoms with van der Waals surface area (Å²) in [6.07, 6.45) is 1.67. The standard InChI is InChI=1S/C12H10ClNO3S/c1-17-12(16)11-10(13)8(7-18-11)6-14-5-3-2-4-9(14)15/h2-5,7H,6H2,1H3. The van der Waals surface area contributed by atoms with Gasteiger partial charge in [0, 0.05) is 17.8 Å². The monoisotopic (exact) mass is 283 g/mol. The number of hydrogen-bond acceptors (Lipinski definition) is 4. The average molecular weight is 284 g/mol. The van der Waals surface area contributed by atoms with Crippen molar-refractivity contribution < 1.29 is 9.53 Å². The van der Waals surface area contributed by atoms with Crippen LogP contribution >= 0.6 is 22.9 Å². The Kier molecular flexibility index (Phi) is 3.84. The molecule has 6 heteroatoms. The van der Waals surface area contributed by atoms with Gasteiger partial charge in [-0.15, -0.1) is 11.3 Å². The van der Waals surface area contributed by atoms with Gasteiger partial charge in [-0.25, -0.2) is 4.79 Å². The molecule has 2 heterocycles. The summed E-state index contributed by atoms with van der Waals surface area (Å²) in [4.78, 5) is 23.3. The number of pyridine rings is 1. The fraction of sp³-hybridized carbons (Fsp3) is 0.167. The van der Waals surface area contributed by atoms with E-state index in [1.807, 2.05) is 0 Å². The fourth-order valence-electron chi connectivity index (χ4n) is 1.49. The van der Waals surface area contributed by atoms with Gasteiger partial charge in [-0.2, -0.15) is 0 Å². The quantitative estimate of drug-likeness (QED) is 0.813. The molecule has 0 saturated heterocycles. The van der Waals surface area contributed by atoms with Crippen molar-refractivity contribution in [3.63, 3.8) is 0 Å². The van der Waals surface area contributed by atoms with E-state index in [0.717, 1.165) is 5.56 Å². The van der Waals surface area contributed by atoms with Crippen LogP contribution in [0.1, 0.15) is 15.2 Å². The van der Waals surface area contributed by atoms with Crippen LogP contribution < -0.4 is 5.56 Å². The van der Waals surface area contributed by atoms with Crippen LogP contribution in [0.5, 0.6) is 0 Å². The summed E-state index contributed by atoms with van der Waals surface area (Å²) in [5, 5.41) is 2.11. The lowest BCUT2D eigenvalue weighted by atomic mass is 10.3. The zero-order valence-electron chi connectivity index (χ0n) is 9.55. The molecule has 4 nitrogen and oxygen atoms in total. The number of ether oxygens (including phenoxy) is 1. The van der Waals surface area contributed by atoms with E-state index in [0.29, 0.717) is 16.4 Å². The predicted octanol–water partition coefficient (Wildman–Crippen LogP) is 2.40. The molecular formula is C12H10ClNO3S. The van der Waals surface area contributed by atoms with Crippen molar-refractivity contribution >= 4 is 28.9 Å². The van der Waals surface area contributed by atoms with Crippen LogP contribution in [-0.2, 0) is 11.3 Å². The van der Waals surface area contributed by atoms with E-state index in [1.54, 1.807) is 23.7 Å². The van der Waals surface area contributed by atoms with Gasteiger partial charge in [-0.1, -0.05) is 17.7 Å². The van der Waals surface area contributed by atoms with Gasteiger partial charge in [0.05, 0.1) is 18.7 Å². The van der Waals surface area contributed by atoms with E-state index in [9.17, 15) is 9.59 Å². The lowest BCUT2D eigenvalue weighted by Crippen LogP contribution is -2.18. The summed E-state index contributed by atoms with van der Waals surface area (Å²) in [7, 11) is 1.31.